The van der Waals surface area contributed by atoms with E-state index in [1.165, 1.54) is 18.9 Å². The standard InChI is InChI=1S/C14H17ClF2N2/c15-12-7-10(16)8-13(17)14(12)19-6-5-18-4-2-1-3-11(18)9-19/h7-8,11H,1-6,9H2. The van der Waals surface area contributed by atoms with Crippen molar-refractivity contribution in [1.82, 2.24) is 4.90 Å². The largest absolute Gasteiger partial charge is 0.365 e. The number of benzene rings is 1. The lowest BCUT2D eigenvalue weighted by molar-refractivity contribution is 0.133. The molecular weight excluding hydrogens is 270 g/mol. The lowest BCUT2D eigenvalue weighted by atomic mass is 9.99. The van der Waals surface area contributed by atoms with Crippen LogP contribution in [0.5, 0.6) is 0 Å². The third kappa shape index (κ3) is 2.56. The van der Waals surface area contributed by atoms with E-state index in [-0.39, 0.29) is 5.02 Å². The summed E-state index contributed by atoms with van der Waals surface area (Å²) in [5, 5.41) is 0.168. The number of piperidine rings is 1. The molecule has 104 valence electrons. The molecule has 0 saturated carbocycles. The molecule has 0 aliphatic carbocycles. The minimum absolute atomic E-state index is 0.168. The first kappa shape index (κ1) is 13.1. The monoisotopic (exact) mass is 286 g/mol. The molecule has 1 aromatic carbocycles. The Labute approximate surface area is 116 Å². The van der Waals surface area contributed by atoms with Crippen LogP contribution in [-0.4, -0.2) is 37.1 Å². The molecule has 5 heteroatoms. The predicted molar refractivity (Wildman–Crippen MR) is 72.8 cm³/mol. The summed E-state index contributed by atoms with van der Waals surface area (Å²) in [6.45, 7) is 3.59. The Kier molecular flexibility index (Phi) is 3.63. The number of halogens is 3. The maximum atomic E-state index is 13.9. The van der Waals surface area contributed by atoms with Gasteiger partial charge in [0.2, 0.25) is 0 Å². The van der Waals surface area contributed by atoms with Gasteiger partial charge in [-0.3, -0.25) is 4.90 Å². The molecule has 2 aliphatic heterocycles. The number of anilines is 1. The van der Waals surface area contributed by atoms with Crippen molar-refractivity contribution in [3.05, 3.63) is 28.8 Å². The average molecular weight is 287 g/mol. The summed E-state index contributed by atoms with van der Waals surface area (Å²) in [7, 11) is 0. The first-order valence-electron chi connectivity index (χ1n) is 6.78. The number of hydrogen-bond donors (Lipinski definition) is 0. The highest BCUT2D eigenvalue weighted by Gasteiger charge is 2.30. The molecule has 2 heterocycles. The van der Waals surface area contributed by atoms with Gasteiger partial charge in [0.1, 0.15) is 5.82 Å². The fourth-order valence-corrected chi connectivity index (χ4v) is 3.51. The molecule has 3 rings (SSSR count). The molecule has 0 radical (unpaired) electrons. The molecule has 0 amide bonds. The van der Waals surface area contributed by atoms with Gasteiger partial charge in [-0.25, -0.2) is 8.78 Å². The minimum atomic E-state index is -0.623. The Morgan fingerprint density at radius 2 is 1.95 bits per heavy atom. The van der Waals surface area contributed by atoms with Gasteiger partial charge < -0.3 is 4.90 Å². The molecule has 2 nitrogen and oxygen atoms in total. The molecule has 0 spiro atoms. The summed E-state index contributed by atoms with van der Waals surface area (Å²) in [5.41, 5.74) is 0.355. The van der Waals surface area contributed by atoms with Crippen LogP contribution in [0.4, 0.5) is 14.5 Å². The summed E-state index contributed by atoms with van der Waals surface area (Å²) in [5.74, 6) is -1.18. The number of nitrogens with zero attached hydrogens (tertiary/aromatic N) is 2. The molecule has 2 aliphatic rings. The van der Waals surface area contributed by atoms with E-state index in [0.717, 1.165) is 38.7 Å². The third-order valence-electron chi connectivity index (χ3n) is 4.14. The lowest BCUT2D eigenvalue weighted by Crippen LogP contribution is -2.55. The normalized spacial score (nSPS) is 24.4. The number of piperazine rings is 1. The molecular formula is C14H17ClF2N2. The maximum absolute atomic E-state index is 13.9. The maximum Gasteiger partial charge on any atom is 0.150 e. The smallest absolute Gasteiger partial charge is 0.150 e. The van der Waals surface area contributed by atoms with Crippen LogP contribution in [-0.2, 0) is 0 Å². The van der Waals surface area contributed by atoms with Gasteiger partial charge in [-0.15, -0.1) is 0 Å². The molecule has 0 aromatic heterocycles. The minimum Gasteiger partial charge on any atom is -0.365 e. The van der Waals surface area contributed by atoms with Crippen LogP contribution in [0.1, 0.15) is 19.3 Å². The average Bonchev–Trinajstić information content (AvgIpc) is 2.37. The zero-order valence-electron chi connectivity index (χ0n) is 10.7. The van der Waals surface area contributed by atoms with Crippen LogP contribution in [0.2, 0.25) is 5.02 Å². The molecule has 2 fully saturated rings. The summed E-state index contributed by atoms with van der Waals surface area (Å²) >= 11 is 6.01. The highest BCUT2D eigenvalue weighted by Crippen LogP contribution is 2.33. The van der Waals surface area contributed by atoms with Crippen molar-refractivity contribution < 1.29 is 8.78 Å². The first-order valence-corrected chi connectivity index (χ1v) is 7.16. The van der Waals surface area contributed by atoms with Crippen molar-refractivity contribution in [2.45, 2.75) is 25.3 Å². The van der Waals surface area contributed by atoms with Gasteiger partial charge in [-0.1, -0.05) is 18.0 Å². The summed E-state index contributed by atoms with van der Waals surface area (Å²) < 4.78 is 27.0. The quantitative estimate of drug-likeness (QED) is 0.782. The van der Waals surface area contributed by atoms with Crippen LogP contribution >= 0.6 is 11.6 Å². The molecule has 19 heavy (non-hydrogen) atoms. The van der Waals surface area contributed by atoms with Crippen LogP contribution < -0.4 is 4.90 Å². The SMILES string of the molecule is Fc1cc(F)c(N2CCN3CCCCC3C2)c(Cl)c1. The van der Waals surface area contributed by atoms with E-state index in [2.05, 4.69) is 4.90 Å². The molecule has 1 unspecified atom stereocenters. The molecule has 1 aromatic rings. The van der Waals surface area contributed by atoms with E-state index in [1.807, 2.05) is 4.90 Å². The Bertz CT molecular complexity index is 458. The van der Waals surface area contributed by atoms with E-state index in [1.54, 1.807) is 0 Å². The van der Waals surface area contributed by atoms with Crippen LogP contribution in [0.15, 0.2) is 12.1 Å². The van der Waals surface area contributed by atoms with Gasteiger partial charge in [-0.05, 0) is 25.5 Å². The zero-order chi connectivity index (χ0) is 13.4. The first-order chi connectivity index (χ1) is 9.15. The van der Waals surface area contributed by atoms with Crippen LogP contribution in [0.25, 0.3) is 0 Å². The molecule has 1 atom stereocenters. The van der Waals surface area contributed by atoms with Gasteiger partial charge in [0.05, 0.1) is 10.7 Å². The van der Waals surface area contributed by atoms with Gasteiger partial charge in [-0.2, -0.15) is 0 Å². The molecule has 2 saturated heterocycles. The summed E-state index contributed by atoms with van der Waals surface area (Å²) in [6, 6.07) is 2.57. The third-order valence-corrected chi connectivity index (χ3v) is 4.42. The van der Waals surface area contributed by atoms with E-state index in [9.17, 15) is 8.78 Å². The van der Waals surface area contributed by atoms with Crippen LogP contribution in [0, 0.1) is 11.6 Å². The number of hydrogen-bond acceptors (Lipinski definition) is 2. The second-order valence-corrected chi connectivity index (χ2v) is 5.76. The Hall–Kier alpha value is -0.870. The van der Waals surface area contributed by atoms with Gasteiger partial charge in [0.25, 0.3) is 0 Å². The predicted octanol–water partition coefficient (Wildman–Crippen LogP) is 3.29. The topological polar surface area (TPSA) is 6.48 Å². The van der Waals surface area contributed by atoms with Crippen molar-refractivity contribution in [1.29, 1.82) is 0 Å². The fraction of sp³-hybridized carbons (Fsp3) is 0.571. The second-order valence-electron chi connectivity index (χ2n) is 5.35. The van der Waals surface area contributed by atoms with Crippen molar-refractivity contribution in [3.63, 3.8) is 0 Å². The number of rotatable bonds is 1. The summed E-state index contributed by atoms with van der Waals surface area (Å²) in [4.78, 5) is 4.43. The highest BCUT2D eigenvalue weighted by molar-refractivity contribution is 6.33. The molecule has 0 N–H and O–H groups in total. The van der Waals surface area contributed by atoms with Gasteiger partial charge in [0, 0.05) is 31.7 Å². The highest BCUT2D eigenvalue weighted by atomic mass is 35.5. The Balaban J connectivity index is 1.83. The van der Waals surface area contributed by atoms with E-state index >= 15 is 0 Å². The van der Waals surface area contributed by atoms with Gasteiger partial charge >= 0.3 is 0 Å². The Morgan fingerprint density at radius 3 is 2.74 bits per heavy atom. The molecule has 0 bridgehead atoms. The van der Waals surface area contributed by atoms with Crippen molar-refractivity contribution in [2.24, 2.45) is 0 Å². The fourth-order valence-electron chi connectivity index (χ4n) is 3.20. The summed E-state index contributed by atoms with van der Waals surface area (Å²) in [6.07, 6.45) is 3.63. The Morgan fingerprint density at radius 1 is 1.11 bits per heavy atom. The lowest BCUT2D eigenvalue weighted by Gasteiger charge is -2.45. The second kappa shape index (κ2) is 5.25. The van der Waals surface area contributed by atoms with E-state index in [0.29, 0.717) is 11.7 Å². The van der Waals surface area contributed by atoms with Crippen LogP contribution in [0.3, 0.4) is 0 Å². The van der Waals surface area contributed by atoms with Crippen molar-refractivity contribution in [2.75, 3.05) is 31.1 Å². The van der Waals surface area contributed by atoms with Crippen molar-refractivity contribution >= 4 is 17.3 Å². The van der Waals surface area contributed by atoms with Gasteiger partial charge in [0.15, 0.2) is 5.82 Å². The van der Waals surface area contributed by atoms with Crippen molar-refractivity contribution in [3.8, 4) is 0 Å². The van der Waals surface area contributed by atoms with E-state index < -0.39 is 11.6 Å². The zero-order valence-corrected chi connectivity index (χ0v) is 11.5. The van der Waals surface area contributed by atoms with E-state index in [4.69, 9.17) is 11.6 Å². The number of fused-ring (bicyclic) bond motifs is 1.